The second-order valence-electron chi connectivity index (χ2n) is 6.79. The van der Waals surface area contributed by atoms with Gasteiger partial charge in [-0.3, -0.25) is 14.0 Å². The number of aryl methyl sites for hydroxylation is 1. The van der Waals surface area contributed by atoms with E-state index in [9.17, 15) is 9.59 Å². The van der Waals surface area contributed by atoms with Gasteiger partial charge in [0.2, 0.25) is 0 Å². The first-order valence-electron chi connectivity index (χ1n) is 9.02. The third-order valence-electron chi connectivity index (χ3n) is 5.17. The molecular weight excluding hydrogens is 342 g/mol. The van der Waals surface area contributed by atoms with E-state index in [0.29, 0.717) is 12.2 Å². The van der Waals surface area contributed by atoms with E-state index in [1.165, 1.54) is 10.6 Å². The number of benzene rings is 1. The van der Waals surface area contributed by atoms with Crippen LogP contribution in [0.15, 0.2) is 53.6 Å². The lowest BCUT2D eigenvalue weighted by Crippen LogP contribution is -2.35. The molecule has 0 bridgehead atoms. The summed E-state index contributed by atoms with van der Waals surface area (Å²) >= 11 is 0. The van der Waals surface area contributed by atoms with Gasteiger partial charge in [-0.2, -0.15) is 0 Å². The highest BCUT2D eigenvalue weighted by Gasteiger charge is 2.32. The van der Waals surface area contributed by atoms with Crippen molar-refractivity contribution >= 4 is 11.6 Å². The average Bonchev–Trinajstić information content (AvgIpc) is 3.18. The zero-order valence-electron chi connectivity index (χ0n) is 15.4. The second kappa shape index (κ2) is 6.87. The SMILES string of the molecule is COc1ccc(C2CCCN2C(=O)c2cnc3c(C)cccn3c2=O)cc1. The number of ether oxygens (including phenoxy) is 1. The van der Waals surface area contributed by atoms with Gasteiger partial charge >= 0.3 is 0 Å². The highest BCUT2D eigenvalue weighted by atomic mass is 16.5. The van der Waals surface area contributed by atoms with Crippen LogP contribution in [0, 0.1) is 6.92 Å². The normalized spacial score (nSPS) is 16.7. The van der Waals surface area contributed by atoms with Gasteiger partial charge in [0.05, 0.1) is 13.2 Å². The molecule has 6 heteroatoms. The van der Waals surface area contributed by atoms with Gasteiger partial charge in [-0.25, -0.2) is 4.98 Å². The van der Waals surface area contributed by atoms with Crippen LogP contribution in [-0.4, -0.2) is 33.8 Å². The predicted octanol–water partition coefficient (Wildman–Crippen LogP) is 2.99. The van der Waals surface area contributed by atoms with Gasteiger partial charge in [-0.05, 0) is 49.1 Å². The molecule has 4 rings (SSSR count). The van der Waals surface area contributed by atoms with E-state index in [1.54, 1.807) is 24.3 Å². The first kappa shape index (κ1) is 17.3. The van der Waals surface area contributed by atoms with Gasteiger partial charge in [0.25, 0.3) is 11.5 Å². The zero-order chi connectivity index (χ0) is 19.0. The van der Waals surface area contributed by atoms with Crippen LogP contribution in [0.5, 0.6) is 5.75 Å². The van der Waals surface area contributed by atoms with Gasteiger partial charge in [0, 0.05) is 18.9 Å². The van der Waals surface area contributed by atoms with E-state index < -0.39 is 0 Å². The Bertz CT molecular complexity index is 1060. The van der Waals surface area contributed by atoms with Crippen LogP contribution < -0.4 is 10.3 Å². The number of likely N-dealkylation sites (tertiary alicyclic amines) is 1. The maximum atomic E-state index is 13.2. The first-order chi connectivity index (χ1) is 13.1. The molecule has 1 aromatic carbocycles. The summed E-state index contributed by atoms with van der Waals surface area (Å²) in [4.78, 5) is 32.1. The summed E-state index contributed by atoms with van der Waals surface area (Å²) in [5.74, 6) is 0.517. The van der Waals surface area contributed by atoms with Crippen molar-refractivity contribution in [2.75, 3.05) is 13.7 Å². The van der Waals surface area contributed by atoms with Crippen LogP contribution in [0.1, 0.15) is 40.4 Å². The fourth-order valence-corrected chi connectivity index (χ4v) is 3.73. The van der Waals surface area contributed by atoms with E-state index >= 15 is 0 Å². The molecule has 1 atom stereocenters. The lowest BCUT2D eigenvalue weighted by Gasteiger charge is -2.25. The van der Waals surface area contributed by atoms with Crippen LogP contribution >= 0.6 is 0 Å². The molecular formula is C21H21N3O3. The summed E-state index contributed by atoms with van der Waals surface area (Å²) in [6.07, 6.45) is 4.85. The molecule has 2 aromatic heterocycles. The molecule has 1 fully saturated rings. The molecule has 3 aromatic rings. The van der Waals surface area contributed by atoms with Crippen LogP contribution in [0.2, 0.25) is 0 Å². The van der Waals surface area contributed by atoms with Gasteiger partial charge in [0.15, 0.2) is 0 Å². The number of hydrogen-bond acceptors (Lipinski definition) is 4. The second-order valence-corrected chi connectivity index (χ2v) is 6.79. The molecule has 27 heavy (non-hydrogen) atoms. The Morgan fingerprint density at radius 2 is 2.00 bits per heavy atom. The number of methoxy groups -OCH3 is 1. The van der Waals surface area contributed by atoms with Crippen molar-refractivity contribution in [3.8, 4) is 5.75 Å². The molecule has 0 aliphatic carbocycles. The Balaban J connectivity index is 1.70. The Labute approximate surface area is 157 Å². The Hall–Kier alpha value is -3.15. The summed E-state index contributed by atoms with van der Waals surface area (Å²) in [6.45, 7) is 2.52. The largest absolute Gasteiger partial charge is 0.497 e. The quantitative estimate of drug-likeness (QED) is 0.718. The van der Waals surface area contributed by atoms with Crippen LogP contribution in [0.4, 0.5) is 0 Å². The smallest absolute Gasteiger partial charge is 0.270 e. The summed E-state index contributed by atoms with van der Waals surface area (Å²) in [5.41, 5.74) is 2.30. The number of pyridine rings is 1. The van der Waals surface area contributed by atoms with Crippen LogP contribution in [0.25, 0.3) is 5.65 Å². The molecule has 6 nitrogen and oxygen atoms in total. The minimum Gasteiger partial charge on any atom is -0.497 e. The van der Waals surface area contributed by atoms with Crippen LogP contribution in [-0.2, 0) is 0 Å². The Morgan fingerprint density at radius 1 is 1.22 bits per heavy atom. The maximum absolute atomic E-state index is 13.2. The molecule has 1 unspecified atom stereocenters. The number of carbonyl (C=O) groups is 1. The van der Waals surface area contributed by atoms with Crippen molar-refractivity contribution in [1.82, 2.24) is 14.3 Å². The summed E-state index contributed by atoms with van der Waals surface area (Å²) in [7, 11) is 1.63. The zero-order valence-corrected chi connectivity index (χ0v) is 15.4. The number of amides is 1. The van der Waals surface area contributed by atoms with E-state index in [-0.39, 0.29) is 23.1 Å². The van der Waals surface area contributed by atoms with E-state index in [1.807, 2.05) is 37.3 Å². The molecule has 0 N–H and O–H groups in total. The van der Waals surface area contributed by atoms with Crippen molar-refractivity contribution in [1.29, 1.82) is 0 Å². The molecule has 138 valence electrons. The van der Waals surface area contributed by atoms with Gasteiger partial charge in [-0.1, -0.05) is 18.2 Å². The van der Waals surface area contributed by atoms with E-state index in [4.69, 9.17) is 4.74 Å². The third kappa shape index (κ3) is 2.97. The fourth-order valence-electron chi connectivity index (χ4n) is 3.73. The highest BCUT2D eigenvalue weighted by molar-refractivity contribution is 5.94. The van der Waals surface area contributed by atoms with Crippen molar-refractivity contribution in [2.45, 2.75) is 25.8 Å². The number of aromatic nitrogens is 2. The predicted molar refractivity (Wildman–Crippen MR) is 102 cm³/mol. The number of nitrogens with zero attached hydrogens (tertiary/aromatic N) is 3. The molecule has 0 saturated carbocycles. The average molecular weight is 363 g/mol. The van der Waals surface area contributed by atoms with Gasteiger partial charge < -0.3 is 9.64 Å². The van der Waals surface area contributed by atoms with Crippen molar-refractivity contribution in [3.63, 3.8) is 0 Å². The van der Waals surface area contributed by atoms with E-state index in [2.05, 4.69) is 4.98 Å². The Kier molecular flexibility index (Phi) is 4.39. The number of rotatable bonds is 3. The summed E-state index contributed by atoms with van der Waals surface area (Å²) < 4.78 is 6.65. The minimum absolute atomic E-state index is 0.0407. The molecule has 1 aliphatic heterocycles. The molecule has 0 spiro atoms. The number of hydrogen-bond donors (Lipinski definition) is 0. The first-order valence-corrected chi connectivity index (χ1v) is 9.02. The lowest BCUT2D eigenvalue weighted by atomic mass is 10.0. The fraction of sp³-hybridized carbons (Fsp3) is 0.286. The van der Waals surface area contributed by atoms with E-state index in [0.717, 1.165) is 29.7 Å². The summed E-state index contributed by atoms with van der Waals surface area (Å²) in [6, 6.07) is 11.4. The molecule has 1 amide bonds. The molecule has 1 saturated heterocycles. The topological polar surface area (TPSA) is 63.9 Å². The van der Waals surface area contributed by atoms with Crippen molar-refractivity contribution < 1.29 is 9.53 Å². The number of fused-ring (bicyclic) bond motifs is 1. The maximum Gasteiger partial charge on any atom is 0.270 e. The highest BCUT2D eigenvalue weighted by Crippen LogP contribution is 2.33. The molecule has 1 aliphatic rings. The van der Waals surface area contributed by atoms with Crippen molar-refractivity contribution in [2.24, 2.45) is 0 Å². The monoisotopic (exact) mass is 363 g/mol. The Morgan fingerprint density at radius 3 is 2.74 bits per heavy atom. The lowest BCUT2D eigenvalue weighted by molar-refractivity contribution is 0.0733. The minimum atomic E-state index is -0.325. The third-order valence-corrected chi connectivity index (χ3v) is 5.17. The van der Waals surface area contributed by atoms with Gasteiger partial charge in [-0.15, -0.1) is 0 Å². The number of carbonyl (C=O) groups excluding carboxylic acids is 1. The molecule has 0 radical (unpaired) electrons. The summed E-state index contributed by atoms with van der Waals surface area (Å²) in [5, 5.41) is 0. The standard InChI is InChI=1S/C21H21N3O3/c1-14-5-3-12-24-19(14)22-13-17(21(24)26)20(25)23-11-4-6-18(23)15-7-9-16(27-2)10-8-15/h3,5,7-10,12-13,18H,4,6,11H2,1-2H3. The molecule has 3 heterocycles. The van der Waals surface area contributed by atoms with Crippen LogP contribution in [0.3, 0.4) is 0 Å². The van der Waals surface area contributed by atoms with Crippen molar-refractivity contribution in [3.05, 3.63) is 75.8 Å². The van der Waals surface area contributed by atoms with Gasteiger partial charge in [0.1, 0.15) is 17.0 Å².